The van der Waals surface area contributed by atoms with Gasteiger partial charge < -0.3 is 14.6 Å². The quantitative estimate of drug-likeness (QED) is 0.448. The molecule has 1 aromatic carbocycles. The van der Waals surface area contributed by atoms with E-state index in [9.17, 15) is 9.90 Å². The van der Waals surface area contributed by atoms with Gasteiger partial charge in [0, 0.05) is 34.6 Å². The summed E-state index contributed by atoms with van der Waals surface area (Å²) in [5.41, 5.74) is 3.23. The van der Waals surface area contributed by atoms with Gasteiger partial charge in [-0.05, 0) is 79.7 Å². The SMILES string of the molecule is CCC1CCCCC(C)C(=O)C2=C[C@H]3C4CCCC4c4sc(-c5ccc(OC)cc5)nc4[C@H]3C2CC(O)O1. The minimum atomic E-state index is -0.862. The van der Waals surface area contributed by atoms with Crippen molar-refractivity contribution in [3.63, 3.8) is 0 Å². The van der Waals surface area contributed by atoms with E-state index in [1.807, 2.05) is 23.5 Å². The smallest absolute Gasteiger partial charge is 0.161 e. The van der Waals surface area contributed by atoms with Gasteiger partial charge >= 0.3 is 0 Å². The number of ketones is 1. The molecule has 1 aromatic heterocycles. The normalized spacial score (nSPS) is 35.3. The van der Waals surface area contributed by atoms with E-state index >= 15 is 0 Å². The monoisotopic (exact) mass is 535 g/mol. The molecule has 0 radical (unpaired) electrons. The van der Waals surface area contributed by atoms with Crippen molar-refractivity contribution in [1.29, 1.82) is 0 Å². The van der Waals surface area contributed by atoms with Crippen molar-refractivity contribution in [2.45, 2.75) is 95.9 Å². The van der Waals surface area contributed by atoms with E-state index in [4.69, 9.17) is 14.5 Å². The number of aliphatic hydroxyl groups excluding tert-OH is 1. The molecule has 2 fully saturated rings. The van der Waals surface area contributed by atoms with Crippen LogP contribution in [-0.2, 0) is 9.53 Å². The second-order valence-corrected chi connectivity index (χ2v) is 13.0. The third-order valence-corrected chi connectivity index (χ3v) is 11.0. The summed E-state index contributed by atoms with van der Waals surface area (Å²) in [6.07, 6.45) is 10.5. The fourth-order valence-corrected chi connectivity index (χ4v) is 9.12. The van der Waals surface area contributed by atoms with Gasteiger partial charge in [-0.25, -0.2) is 4.98 Å². The molecule has 3 aliphatic carbocycles. The molecular formula is C32H41NO4S. The van der Waals surface area contributed by atoms with Crippen molar-refractivity contribution < 1.29 is 19.4 Å². The lowest BCUT2D eigenvalue weighted by Gasteiger charge is -2.38. The number of hydrogen-bond acceptors (Lipinski definition) is 6. The fraction of sp³-hybridized carbons (Fsp3) is 0.625. The first-order chi connectivity index (χ1) is 18.5. The molecule has 8 atom stereocenters. The molecule has 6 unspecified atom stereocenters. The highest BCUT2D eigenvalue weighted by Crippen LogP contribution is 2.62. The van der Waals surface area contributed by atoms with Gasteiger partial charge in [0.25, 0.3) is 0 Å². The van der Waals surface area contributed by atoms with Crippen molar-refractivity contribution in [3.8, 4) is 16.3 Å². The number of aromatic nitrogens is 1. The molecule has 0 spiro atoms. The number of carbonyl (C=O) groups is 1. The molecule has 38 heavy (non-hydrogen) atoms. The van der Waals surface area contributed by atoms with E-state index in [1.54, 1.807) is 7.11 Å². The molecule has 1 saturated heterocycles. The minimum absolute atomic E-state index is 0.0191. The van der Waals surface area contributed by atoms with Crippen LogP contribution < -0.4 is 4.74 Å². The molecule has 6 rings (SSSR count). The maximum Gasteiger partial charge on any atom is 0.161 e. The van der Waals surface area contributed by atoms with E-state index in [-0.39, 0.29) is 29.6 Å². The molecule has 0 amide bonds. The summed E-state index contributed by atoms with van der Waals surface area (Å²) < 4.78 is 11.6. The average Bonchev–Trinajstić information content (AvgIpc) is 3.66. The Labute approximate surface area is 230 Å². The Morgan fingerprint density at radius 3 is 2.63 bits per heavy atom. The van der Waals surface area contributed by atoms with Crippen molar-refractivity contribution in [1.82, 2.24) is 4.98 Å². The zero-order chi connectivity index (χ0) is 26.4. The van der Waals surface area contributed by atoms with E-state index < -0.39 is 6.29 Å². The second kappa shape index (κ2) is 10.9. The molecular weight excluding hydrogens is 494 g/mol. The summed E-state index contributed by atoms with van der Waals surface area (Å²) in [5.74, 6) is 2.63. The number of nitrogens with zero attached hydrogens (tertiary/aromatic N) is 1. The number of aliphatic hydroxyl groups is 1. The van der Waals surface area contributed by atoms with Crippen LogP contribution in [0.2, 0.25) is 0 Å². The molecule has 2 aromatic rings. The zero-order valence-electron chi connectivity index (χ0n) is 22.9. The lowest BCUT2D eigenvalue weighted by atomic mass is 9.67. The number of hydrogen-bond donors (Lipinski definition) is 1. The van der Waals surface area contributed by atoms with Gasteiger partial charge in [0.1, 0.15) is 10.8 Å². The highest BCUT2D eigenvalue weighted by atomic mass is 32.1. The number of Topliss-reactive ketones (excluding diaryl/α,β-unsaturated/α-hetero) is 1. The summed E-state index contributed by atoms with van der Waals surface area (Å²) in [7, 11) is 1.69. The van der Waals surface area contributed by atoms with Crippen LogP contribution in [0.1, 0.15) is 94.0 Å². The summed E-state index contributed by atoms with van der Waals surface area (Å²) >= 11 is 1.84. The number of rotatable bonds is 3. The molecule has 204 valence electrons. The maximum absolute atomic E-state index is 13.9. The molecule has 1 aliphatic heterocycles. The molecule has 1 N–H and O–H groups in total. The first kappa shape index (κ1) is 26.2. The van der Waals surface area contributed by atoms with Gasteiger partial charge in [0.05, 0.1) is 18.9 Å². The lowest BCUT2D eigenvalue weighted by Crippen LogP contribution is -2.33. The number of ether oxygens (including phenoxy) is 2. The summed E-state index contributed by atoms with van der Waals surface area (Å²) in [5, 5.41) is 12.2. The Morgan fingerprint density at radius 1 is 1.08 bits per heavy atom. The van der Waals surface area contributed by atoms with Crippen LogP contribution in [0.15, 0.2) is 35.9 Å². The predicted octanol–water partition coefficient (Wildman–Crippen LogP) is 7.25. The molecule has 6 heteroatoms. The highest BCUT2D eigenvalue weighted by molar-refractivity contribution is 7.15. The molecule has 4 aliphatic rings. The van der Waals surface area contributed by atoms with Crippen LogP contribution in [0.3, 0.4) is 0 Å². The Morgan fingerprint density at radius 2 is 1.87 bits per heavy atom. The number of thiazole rings is 1. The largest absolute Gasteiger partial charge is 0.497 e. The van der Waals surface area contributed by atoms with Gasteiger partial charge in [-0.2, -0.15) is 0 Å². The van der Waals surface area contributed by atoms with E-state index in [1.165, 1.54) is 29.8 Å². The number of fused-ring (bicyclic) bond motifs is 8. The van der Waals surface area contributed by atoms with Crippen LogP contribution >= 0.6 is 11.3 Å². The van der Waals surface area contributed by atoms with Crippen LogP contribution in [-0.4, -0.2) is 35.4 Å². The van der Waals surface area contributed by atoms with Gasteiger partial charge in [0.15, 0.2) is 12.1 Å². The number of allylic oxidation sites excluding steroid dienone is 2. The summed E-state index contributed by atoms with van der Waals surface area (Å²) in [4.78, 5) is 20.6. The standard InChI is InChI=1S/C32H41NO4S/c1-4-20-9-6-5-8-18(2)30(35)26-16-24-22-10-7-11-23(22)31-29(28(24)25(26)17-27(34)37-20)33-32(38-31)19-12-14-21(36-3)15-13-19/h12-16,18,20,22-25,27-28,34H,4-11,17H2,1-3H3/t18?,20?,22?,23?,24-,25?,27?,28+/m0/s1. The third kappa shape index (κ3) is 4.67. The Balaban J connectivity index is 1.41. The minimum Gasteiger partial charge on any atom is -0.497 e. The highest BCUT2D eigenvalue weighted by Gasteiger charge is 2.53. The summed E-state index contributed by atoms with van der Waals surface area (Å²) in [6.45, 7) is 4.24. The van der Waals surface area contributed by atoms with Gasteiger partial charge in [-0.1, -0.05) is 39.2 Å². The first-order valence-corrected chi connectivity index (χ1v) is 15.5. The molecule has 0 bridgehead atoms. The van der Waals surface area contributed by atoms with Gasteiger partial charge in [0.2, 0.25) is 0 Å². The topological polar surface area (TPSA) is 68.7 Å². The number of carbonyl (C=O) groups excluding carboxylic acids is 1. The number of benzene rings is 1. The van der Waals surface area contributed by atoms with Gasteiger partial charge in [-0.3, -0.25) is 4.79 Å². The Kier molecular flexibility index (Phi) is 7.49. The predicted molar refractivity (Wildman–Crippen MR) is 150 cm³/mol. The van der Waals surface area contributed by atoms with E-state index in [0.717, 1.165) is 54.0 Å². The van der Waals surface area contributed by atoms with Crippen molar-refractivity contribution in [3.05, 3.63) is 46.5 Å². The van der Waals surface area contributed by atoms with Crippen molar-refractivity contribution in [2.24, 2.45) is 23.7 Å². The number of methoxy groups -OCH3 is 1. The van der Waals surface area contributed by atoms with Crippen LogP contribution in [0.5, 0.6) is 5.75 Å². The molecule has 5 nitrogen and oxygen atoms in total. The fourth-order valence-electron chi connectivity index (χ4n) is 7.78. The third-order valence-electron chi connectivity index (χ3n) is 9.76. The second-order valence-electron chi connectivity index (χ2n) is 11.9. The van der Waals surface area contributed by atoms with Crippen molar-refractivity contribution in [2.75, 3.05) is 7.11 Å². The Bertz CT molecular complexity index is 1190. The summed E-state index contributed by atoms with van der Waals surface area (Å²) in [6, 6.07) is 8.18. The van der Waals surface area contributed by atoms with Crippen molar-refractivity contribution >= 4 is 17.1 Å². The Hall–Kier alpha value is -2.02. The lowest BCUT2D eigenvalue weighted by molar-refractivity contribution is -0.148. The van der Waals surface area contributed by atoms with Gasteiger partial charge in [-0.15, -0.1) is 11.3 Å². The molecule has 1 saturated carbocycles. The van der Waals surface area contributed by atoms with E-state index in [0.29, 0.717) is 24.2 Å². The maximum atomic E-state index is 13.9. The van der Waals surface area contributed by atoms with Crippen LogP contribution in [0.4, 0.5) is 0 Å². The first-order valence-electron chi connectivity index (χ1n) is 14.7. The van der Waals surface area contributed by atoms with Crippen LogP contribution in [0.25, 0.3) is 10.6 Å². The average molecular weight is 536 g/mol. The zero-order valence-corrected chi connectivity index (χ0v) is 23.7. The van der Waals surface area contributed by atoms with Crippen LogP contribution in [0, 0.1) is 23.7 Å². The molecule has 2 heterocycles. The van der Waals surface area contributed by atoms with E-state index in [2.05, 4.69) is 32.1 Å².